The standard InChI is InChI=1S/C14H18N4O3/c1-2-21-14(20)18-8-5-12(6-9-18)16-17-13(19)11-4-3-7-15-10-11/h3-4,7,10H,2,5-6,8-9H2,1H3,(H,17,19). The molecule has 1 fully saturated rings. The van der Waals surface area contributed by atoms with Crippen LogP contribution < -0.4 is 5.43 Å². The molecule has 0 aromatic carbocycles. The first-order valence-electron chi connectivity index (χ1n) is 6.88. The lowest BCUT2D eigenvalue weighted by Crippen LogP contribution is -2.39. The van der Waals surface area contributed by atoms with Crippen LogP contribution in [0.4, 0.5) is 4.79 Å². The van der Waals surface area contributed by atoms with Crippen LogP contribution in [-0.2, 0) is 4.74 Å². The molecule has 112 valence electrons. The van der Waals surface area contributed by atoms with E-state index in [1.165, 1.54) is 6.20 Å². The molecule has 1 N–H and O–H groups in total. The molecule has 0 saturated carbocycles. The second kappa shape index (κ2) is 7.37. The number of carbonyl (C=O) groups excluding carboxylic acids is 2. The Kier molecular flexibility index (Phi) is 5.25. The maximum atomic E-state index is 11.8. The van der Waals surface area contributed by atoms with Gasteiger partial charge >= 0.3 is 6.09 Å². The number of pyridine rings is 1. The third-order valence-corrected chi connectivity index (χ3v) is 3.11. The van der Waals surface area contributed by atoms with Gasteiger partial charge in [-0.05, 0) is 19.1 Å². The Morgan fingerprint density at radius 3 is 2.81 bits per heavy atom. The van der Waals surface area contributed by atoms with Crippen LogP contribution in [-0.4, -0.2) is 47.3 Å². The van der Waals surface area contributed by atoms with Gasteiger partial charge < -0.3 is 9.64 Å². The fraction of sp³-hybridized carbons (Fsp3) is 0.429. The molecule has 7 nitrogen and oxygen atoms in total. The molecule has 1 aliphatic heterocycles. The summed E-state index contributed by atoms with van der Waals surface area (Å²) < 4.78 is 4.94. The van der Waals surface area contributed by atoms with Gasteiger partial charge in [0.15, 0.2) is 0 Å². The molecule has 2 rings (SSSR count). The molecular weight excluding hydrogens is 272 g/mol. The fourth-order valence-electron chi connectivity index (χ4n) is 1.97. The highest BCUT2D eigenvalue weighted by Crippen LogP contribution is 2.08. The topological polar surface area (TPSA) is 83.9 Å². The van der Waals surface area contributed by atoms with Gasteiger partial charge in [-0.15, -0.1) is 0 Å². The first-order chi connectivity index (χ1) is 10.2. The Morgan fingerprint density at radius 1 is 1.43 bits per heavy atom. The Morgan fingerprint density at radius 2 is 2.19 bits per heavy atom. The summed E-state index contributed by atoms with van der Waals surface area (Å²) in [5.74, 6) is -0.288. The minimum absolute atomic E-state index is 0.288. The van der Waals surface area contributed by atoms with Crippen molar-refractivity contribution in [2.45, 2.75) is 19.8 Å². The molecule has 7 heteroatoms. The van der Waals surface area contributed by atoms with Crippen molar-refractivity contribution in [2.24, 2.45) is 5.10 Å². The van der Waals surface area contributed by atoms with Crippen molar-refractivity contribution < 1.29 is 14.3 Å². The lowest BCUT2D eigenvalue weighted by atomic mass is 10.1. The number of hydrazone groups is 1. The second-order valence-electron chi connectivity index (χ2n) is 4.55. The molecular formula is C14H18N4O3. The summed E-state index contributed by atoms with van der Waals surface area (Å²) in [5, 5.41) is 4.11. The molecule has 0 aliphatic carbocycles. The molecule has 0 spiro atoms. The Hall–Kier alpha value is -2.44. The number of carbonyl (C=O) groups is 2. The average Bonchev–Trinajstić information content (AvgIpc) is 2.54. The predicted octanol–water partition coefficient (Wildman–Crippen LogP) is 1.42. The van der Waals surface area contributed by atoms with Crippen molar-refractivity contribution in [3.05, 3.63) is 30.1 Å². The van der Waals surface area contributed by atoms with E-state index in [2.05, 4.69) is 15.5 Å². The van der Waals surface area contributed by atoms with E-state index in [9.17, 15) is 9.59 Å². The number of nitrogens with one attached hydrogen (secondary N) is 1. The van der Waals surface area contributed by atoms with Gasteiger partial charge in [0.25, 0.3) is 5.91 Å². The predicted molar refractivity (Wildman–Crippen MR) is 77.0 cm³/mol. The summed E-state index contributed by atoms with van der Waals surface area (Å²) in [7, 11) is 0. The Labute approximate surface area is 123 Å². The van der Waals surface area contributed by atoms with E-state index in [4.69, 9.17) is 4.74 Å². The van der Waals surface area contributed by atoms with Crippen molar-refractivity contribution in [3.63, 3.8) is 0 Å². The molecule has 2 heterocycles. The minimum Gasteiger partial charge on any atom is -0.450 e. The van der Waals surface area contributed by atoms with Crippen LogP contribution in [0.25, 0.3) is 0 Å². The number of amides is 2. The van der Waals surface area contributed by atoms with E-state index in [1.54, 1.807) is 30.2 Å². The molecule has 0 atom stereocenters. The highest BCUT2D eigenvalue weighted by atomic mass is 16.6. The molecule has 1 aliphatic rings. The Bertz CT molecular complexity index is 520. The largest absolute Gasteiger partial charge is 0.450 e. The van der Waals surface area contributed by atoms with Crippen LogP contribution in [0.3, 0.4) is 0 Å². The van der Waals surface area contributed by atoms with Crippen molar-refractivity contribution in [1.82, 2.24) is 15.3 Å². The molecule has 1 aromatic rings. The van der Waals surface area contributed by atoms with Crippen LogP contribution in [0, 0.1) is 0 Å². The van der Waals surface area contributed by atoms with E-state index < -0.39 is 0 Å². The van der Waals surface area contributed by atoms with Crippen LogP contribution in [0.5, 0.6) is 0 Å². The van der Waals surface area contributed by atoms with E-state index in [0.29, 0.717) is 38.1 Å². The van der Waals surface area contributed by atoms with Crippen molar-refractivity contribution in [1.29, 1.82) is 0 Å². The summed E-state index contributed by atoms with van der Waals surface area (Å²) in [6, 6.07) is 3.37. The second-order valence-corrected chi connectivity index (χ2v) is 4.55. The van der Waals surface area contributed by atoms with Gasteiger partial charge in [0.1, 0.15) is 0 Å². The molecule has 0 radical (unpaired) electrons. The molecule has 1 aromatic heterocycles. The lowest BCUT2D eigenvalue weighted by Gasteiger charge is -2.26. The first kappa shape index (κ1) is 15.0. The summed E-state index contributed by atoms with van der Waals surface area (Å²) >= 11 is 0. The zero-order valence-corrected chi connectivity index (χ0v) is 11.9. The highest BCUT2D eigenvalue weighted by molar-refractivity contribution is 5.95. The normalized spacial score (nSPS) is 14.5. The zero-order valence-electron chi connectivity index (χ0n) is 11.9. The van der Waals surface area contributed by atoms with Crippen LogP contribution in [0.1, 0.15) is 30.1 Å². The molecule has 1 saturated heterocycles. The number of hydrogen-bond donors (Lipinski definition) is 1. The molecule has 0 unspecified atom stereocenters. The van der Waals surface area contributed by atoms with E-state index in [-0.39, 0.29) is 12.0 Å². The maximum absolute atomic E-state index is 11.8. The van der Waals surface area contributed by atoms with Gasteiger partial charge in [0.2, 0.25) is 0 Å². The number of likely N-dealkylation sites (tertiary alicyclic amines) is 1. The summed E-state index contributed by atoms with van der Waals surface area (Å²) in [6.45, 7) is 3.26. The van der Waals surface area contributed by atoms with Gasteiger partial charge in [-0.3, -0.25) is 9.78 Å². The van der Waals surface area contributed by atoms with Crippen molar-refractivity contribution in [2.75, 3.05) is 19.7 Å². The van der Waals surface area contributed by atoms with Gasteiger partial charge in [0, 0.05) is 44.0 Å². The quantitative estimate of drug-likeness (QED) is 0.853. The van der Waals surface area contributed by atoms with Crippen LogP contribution >= 0.6 is 0 Å². The maximum Gasteiger partial charge on any atom is 0.409 e. The van der Waals surface area contributed by atoms with Crippen LogP contribution in [0.15, 0.2) is 29.6 Å². The third-order valence-electron chi connectivity index (χ3n) is 3.11. The average molecular weight is 290 g/mol. The third kappa shape index (κ3) is 4.27. The molecule has 2 amide bonds. The number of ether oxygens (including phenoxy) is 1. The summed E-state index contributed by atoms with van der Waals surface area (Å²) in [4.78, 5) is 28.9. The number of piperidine rings is 1. The number of hydrogen-bond acceptors (Lipinski definition) is 5. The van der Waals surface area contributed by atoms with E-state index in [0.717, 1.165) is 5.71 Å². The Balaban J connectivity index is 1.82. The number of nitrogens with zero attached hydrogens (tertiary/aromatic N) is 3. The fourth-order valence-corrected chi connectivity index (χ4v) is 1.97. The summed E-state index contributed by atoms with van der Waals surface area (Å²) in [6.07, 6.45) is 4.06. The monoisotopic (exact) mass is 290 g/mol. The SMILES string of the molecule is CCOC(=O)N1CCC(=NNC(=O)c2cccnc2)CC1. The van der Waals surface area contributed by atoms with Crippen molar-refractivity contribution in [3.8, 4) is 0 Å². The van der Waals surface area contributed by atoms with Gasteiger partial charge in [-0.25, -0.2) is 10.2 Å². The van der Waals surface area contributed by atoms with Crippen molar-refractivity contribution >= 4 is 17.7 Å². The van der Waals surface area contributed by atoms with Gasteiger partial charge in [-0.2, -0.15) is 5.10 Å². The number of rotatable bonds is 3. The summed E-state index contributed by atoms with van der Waals surface area (Å²) in [5.41, 5.74) is 3.84. The van der Waals surface area contributed by atoms with E-state index in [1.807, 2.05) is 0 Å². The van der Waals surface area contributed by atoms with Gasteiger partial charge in [0.05, 0.1) is 12.2 Å². The zero-order chi connectivity index (χ0) is 15.1. The first-order valence-corrected chi connectivity index (χ1v) is 6.88. The number of aromatic nitrogens is 1. The molecule has 21 heavy (non-hydrogen) atoms. The minimum atomic E-state index is -0.295. The smallest absolute Gasteiger partial charge is 0.409 e. The lowest BCUT2D eigenvalue weighted by molar-refractivity contribution is 0.0951. The van der Waals surface area contributed by atoms with Crippen LogP contribution in [0.2, 0.25) is 0 Å². The van der Waals surface area contributed by atoms with Gasteiger partial charge in [-0.1, -0.05) is 0 Å². The van der Waals surface area contributed by atoms with E-state index >= 15 is 0 Å². The highest BCUT2D eigenvalue weighted by Gasteiger charge is 2.20. The molecule has 0 bridgehead atoms.